The molecule has 122 valence electrons. The fourth-order valence-corrected chi connectivity index (χ4v) is 3.66. The van der Waals surface area contributed by atoms with Crippen LogP contribution in [-0.2, 0) is 4.79 Å². The van der Waals surface area contributed by atoms with Gasteiger partial charge in [-0.05, 0) is 29.3 Å². The summed E-state index contributed by atoms with van der Waals surface area (Å²) >= 11 is 7.26. The Morgan fingerprint density at radius 1 is 1.08 bits per heavy atom. The molecule has 4 nitrogen and oxygen atoms in total. The molecule has 0 aromatic heterocycles. The topological polar surface area (TPSA) is 56.5 Å². The fourth-order valence-electron chi connectivity index (χ4n) is 2.64. The van der Waals surface area contributed by atoms with E-state index in [-0.39, 0.29) is 11.4 Å². The summed E-state index contributed by atoms with van der Waals surface area (Å²) in [6.07, 6.45) is 1.67. The summed E-state index contributed by atoms with van der Waals surface area (Å²) in [6.45, 7) is 0. The molecule has 2 aromatic carbocycles. The van der Waals surface area contributed by atoms with Crippen LogP contribution in [0.2, 0.25) is 5.02 Å². The van der Waals surface area contributed by atoms with Crippen molar-refractivity contribution in [3.63, 3.8) is 0 Å². The molecule has 2 heterocycles. The van der Waals surface area contributed by atoms with Crippen molar-refractivity contribution in [2.75, 3.05) is 0 Å². The Morgan fingerprint density at radius 3 is 2.52 bits per heavy atom. The van der Waals surface area contributed by atoms with Gasteiger partial charge < -0.3 is 0 Å². The summed E-state index contributed by atoms with van der Waals surface area (Å²) in [4.78, 5) is 18.2. The molecule has 2 aliphatic heterocycles. The standard InChI is InChI=1S/C19H12ClN3OS/c20-14-8-6-12(7-9-14)10-15-17(21)23-16(13-4-2-1-3-5-13)11-25-19(23)22-18(15)24/h1-11,21H. The Kier molecular flexibility index (Phi) is 4.03. The molecule has 0 saturated heterocycles. The maximum atomic E-state index is 12.4. The lowest BCUT2D eigenvalue weighted by Gasteiger charge is -2.26. The molecule has 0 atom stereocenters. The highest BCUT2D eigenvalue weighted by Gasteiger charge is 2.36. The van der Waals surface area contributed by atoms with Crippen LogP contribution >= 0.6 is 23.4 Å². The highest BCUT2D eigenvalue weighted by atomic mass is 35.5. The van der Waals surface area contributed by atoms with Crippen molar-refractivity contribution in [2.24, 2.45) is 4.99 Å². The summed E-state index contributed by atoms with van der Waals surface area (Å²) in [6, 6.07) is 16.9. The first kappa shape index (κ1) is 15.9. The number of fused-ring (bicyclic) bond motifs is 1. The van der Waals surface area contributed by atoms with Crippen LogP contribution in [0.15, 0.2) is 70.6 Å². The van der Waals surface area contributed by atoms with Gasteiger partial charge in [0.25, 0.3) is 5.91 Å². The first-order valence-electron chi connectivity index (χ1n) is 7.55. The number of rotatable bonds is 2. The van der Waals surface area contributed by atoms with E-state index in [0.29, 0.717) is 10.2 Å². The summed E-state index contributed by atoms with van der Waals surface area (Å²) in [5, 5.41) is 11.6. The van der Waals surface area contributed by atoms with Crippen LogP contribution in [0.4, 0.5) is 0 Å². The Hall–Kier alpha value is -2.63. The second-order valence-electron chi connectivity index (χ2n) is 5.48. The van der Waals surface area contributed by atoms with Crippen molar-refractivity contribution >= 4 is 52.0 Å². The molecular weight excluding hydrogens is 354 g/mol. The van der Waals surface area contributed by atoms with Crippen LogP contribution in [0.25, 0.3) is 11.8 Å². The molecule has 25 heavy (non-hydrogen) atoms. The van der Waals surface area contributed by atoms with Crippen LogP contribution in [0.3, 0.4) is 0 Å². The minimum absolute atomic E-state index is 0.130. The predicted octanol–water partition coefficient (Wildman–Crippen LogP) is 4.64. The molecule has 1 N–H and O–H groups in total. The summed E-state index contributed by atoms with van der Waals surface area (Å²) in [7, 11) is 0. The second-order valence-corrected chi connectivity index (χ2v) is 6.75. The van der Waals surface area contributed by atoms with E-state index in [0.717, 1.165) is 16.8 Å². The van der Waals surface area contributed by atoms with Crippen molar-refractivity contribution in [1.29, 1.82) is 5.41 Å². The molecule has 1 amide bonds. The van der Waals surface area contributed by atoms with E-state index in [1.54, 1.807) is 23.1 Å². The van der Waals surface area contributed by atoms with E-state index in [1.165, 1.54) is 11.8 Å². The molecule has 0 unspecified atom stereocenters. The van der Waals surface area contributed by atoms with Gasteiger partial charge in [-0.3, -0.25) is 15.1 Å². The molecule has 0 radical (unpaired) electrons. The maximum absolute atomic E-state index is 12.4. The third-order valence-corrected chi connectivity index (χ3v) is 4.94. The SMILES string of the molecule is N=C1C(=Cc2ccc(Cl)cc2)C(=O)N=C2SC=C(c3ccccc3)N12. The zero-order valence-corrected chi connectivity index (χ0v) is 14.5. The Labute approximate surface area is 154 Å². The monoisotopic (exact) mass is 365 g/mol. The number of benzene rings is 2. The molecule has 0 spiro atoms. The van der Waals surface area contributed by atoms with Gasteiger partial charge in [-0.1, -0.05) is 65.8 Å². The summed E-state index contributed by atoms with van der Waals surface area (Å²) in [5.74, 6) is -0.272. The average molecular weight is 366 g/mol. The quantitative estimate of drug-likeness (QED) is 0.788. The molecule has 0 aliphatic carbocycles. The highest BCUT2D eigenvalue weighted by molar-refractivity contribution is 8.17. The number of nitrogens with one attached hydrogen (secondary N) is 1. The van der Waals surface area contributed by atoms with Gasteiger partial charge in [0.05, 0.1) is 11.3 Å². The Morgan fingerprint density at radius 2 is 1.80 bits per heavy atom. The van der Waals surface area contributed by atoms with Gasteiger partial charge >= 0.3 is 0 Å². The third-order valence-electron chi connectivity index (χ3n) is 3.87. The van der Waals surface area contributed by atoms with E-state index >= 15 is 0 Å². The molecule has 4 rings (SSSR count). The van der Waals surface area contributed by atoms with Crippen LogP contribution in [0.5, 0.6) is 0 Å². The first-order chi connectivity index (χ1) is 12.1. The normalized spacial score (nSPS) is 18.3. The molecule has 0 saturated carbocycles. The molecule has 2 aromatic rings. The minimum atomic E-state index is -0.401. The zero-order valence-electron chi connectivity index (χ0n) is 12.9. The number of amides is 1. The number of carbonyl (C=O) groups is 1. The predicted molar refractivity (Wildman–Crippen MR) is 103 cm³/mol. The van der Waals surface area contributed by atoms with Gasteiger partial charge in [-0.2, -0.15) is 4.99 Å². The van der Waals surface area contributed by atoms with Gasteiger partial charge in [0.1, 0.15) is 5.84 Å². The smallest absolute Gasteiger partial charge is 0.283 e. The highest BCUT2D eigenvalue weighted by Crippen LogP contribution is 2.37. The second kappa shape index (κ2) is 6.35. The lowest BCUT2D eigenvalue weighted by molar-refractivity contribution is -0.114. The number of amidine groups is 2. The van der Waals surface area contributed by atoms with Crippen molar-refractivity contribution in [3.05, 3.63) is 81.7 Å². The first-order valence-corrected chi connectivity index (χ1v) is 8.81. The molecular formula is C19H12ClN3OS. The molecule has 6 heteroatoms. The van der Waals surface area contributed by atoms with Crippen molar-refractivity contribution in [3.8, 4) is 0 Å². The molecule has 2 aliphatic rings. The lowest BCUT2D eigenvalue weighted by atomic mass is 10.1. The van der Waals surface area contributed by atoms with Crippen LogP contribution in [-0.4, -0.2) is 21.8 Å². The summed E-state index contributed by atoms with van der Waals surface area (Å²) in [5.41, 5.74) is 2.89. The van der Waals surface area contributed by atoms with Gasteiger partial charge in [0.2, 0.25) is 0 Å². The Bertz CT molecular complexity index is 962. The van der Waals surface area contributed by atoms with Crippen molar-refractivity contribution in [2.45, 2.75) is 0 Å². The number of carbonyl (C=O) groups excluding carboxylic acids is 1. The van der Waals surface area contributed by atoms with E-state index in [9.17, 15) is 4.79 Å². The van der Waals surface area contributed by atoms with E-state index in [2.05, 4.69) is 4.99 Å². The van der Waals surface area contributed by atoms with Crippen LogP contribution in [0, 0.1) is 5.41 Å². The van der Waals surface area contributed by atoms with Gasteiger partial charge in [-0.25, -0.2) is 0 Å². The van der Waals surface area contributed by atoms with E-state index in [4.69, 9.17) is 17.0 Å². The third kappa shape index (κ3) is 2.92. The van der Waals surface area contributed by atoms with Gasteiger partial charge in [-0.15, -0.1) is 0 Å². The van der Waals surface area contributed by atoms with Crippen LogP contribution < -0.4 is 0 Å². The maximum Gasteiger partial charge on any atom is 0.283 e. The molecule has 0 fully saturated rings. The zero-order chi connectivity index (χ0) is 17.4. The number of halogens is 1. The van der Waals surface area contributed by atoms with Crippen molar-refractivity contribution in [1.82, 2.24) is 4.90 Å². The van der Waals surface area contributed by atoms with Gasteiger partial charge in [0, 0.05) is 10.4 Å². The van der Waals surface area contributed by atoms with Crippen LogP contribution in [0.1, 0.15) is 11.1 Å². The minimum Gasteiger partial charge on any atom is -0.283 e. The Balaban J connectivity index is 1.74. The van der Waals surface area contributed by atoms with E-state index < -0.39 is 5.91 Å². The summed E-state index contributed by atoms with van der Waals surface area (Å²) < 4.78 is 0. The van der Waals surface area contributed by atoms with E-state index in [1.807, 2.05) is 47.9 Å². The lowest BCUT2D eigenvalue weighted by Crippen LogP contribution is -2.37. The fraction of sp³-hybridized carbons (Fsp3) is 0. The number of hydrogen-bond donors (Lipinski definition) is 1. The largest absolute Gasteiger partial charge is 0.283 e. The number of thioether (sulfide) groups is 1. The number of hydrogen-bond acceptors (Lipinski definition) is 3. The van der Waals surface area contributed by atoms with Crippen molar-refractivity contribution < 1.29 is 4.79 Å². The number of aliphatic imine (C=N–C) groups is 1. The molecule has 0 bridgehead atoms. The number of nitrogens with zero attached hydrogens (tertiary/aromatic N) is 2. The van der Waals surface area contributed by atoms with Gasteiger partial charge in [0.15, 0.2) is 5.17 Å². The average Bonchev–Trinajstić information content (AvgIpc) is 3.05.